The fourth-order valence-electron chi connectivity index (χ4n) is 3.62. The van der Waals surface area contributed by atoms with E-state index in [0.717, 1.165) is 18.4 Å². The summed E-state index contributed by atoms with van der Waals surface area (Å²) in [5, 5.41) is 2.86. The van der Waals surface area contributed by atoms with Gasteiger partial charge in [0.05, 0.1) is 25.2 Å². The Hall–Kier alpha value is -2.62. The largest absolute Gasteiger partial charge is 0.497 e. The first-order valence-corrected chi connectivity index (χ1v) is 12.0. The SMILES string of the molecule is COc1ccc(CN(C)C(C)C(=O)Nc2ccc(S(=O)(=O)N3CCCC3)cc2)c(OC)c1. The second kappa shape index (κ2) is 10.3. The highest BCUT2D eigenvalue weighted by atomic mass is 32.2. The highest BCUT2D eigenvalue weighted by Gasteiger charge is 2.27. The van der Waals surface area contributed by atoms with Crippen LogP contribution in [0, 0.1) is 0 Å². The van der Waals surface area contributed by atoms with E-state index in [-0.39, 0.29) is 10.8 Å². The highest BCUT2D eigenvalue weighted by molar-refractivity contribution is 7.89. The van der Waals surface area contributed by atoms with Crippen molar-refractivity contribution in [1.82, 2.24) is 9.21 Å². The summed E-state index contributed by atoms with van der Waals surface area (Å²) in [5.41, 5.74) is 1.49. The fraction of sp³-hybridized carbons (Fsp3) is 0.435. The summed E-state index contributed by atoms with van der Waals surface area (Å²) < 4.78 is 37.5. The molecule has 1 fully saturated rings. The molecule has 32 heavy (non-hydrogen) atoms. The van der Waals surface area contributed by atoms with Gasteiger partial charge in [0.2, 0.25) is 15.9 Å². The predicted octanol–water partition coefficient (Wildman–Crippen LogP) is 2.95. The number of ether oxygens (including phenoxy) is 2. The number of methoxy groups -OCH3 is 2. The van der Waals surface area contributed by atoms with Crippen LogP contribution >= 0.6 is 0 Å². The van der Waals surface area contributed by atoms with E-state index in [0.29, 0.717) is 36.8 Å². The van der Waals surface area contributed by atoms with Crippen LogP contribution in [-0.2, 0) is 21.4 Å². The Bertz CT molecular complexity index is 1030. The van der Waals surface area contributed by atoms with Crippen LogP contribution in [0.5, 0.6) is 11.5 Å². The van der Waals surface area contributed by atoms with Crippen LogP contribution in [0.2, 0.25) is 0 Å². The quantitative estimate of drug-likeness (QED) is 0.618. The van der Waals surface area contributed by atoms with Gasteiger partial charge in [-0.3, -0.25) is 9.69 Å². The minimum absolute atomic E-state index is 0.185. The lowest BCUT2D eigenvalue weighted by atomic mass is 10.1. The maximum Gasteiger partial charge on any atom is 0.243 e. The average Bonchev–Trinajstić information content (AvgIpc) is 3.35. The van der Waals surface area contributed by atoms with Gasteiger partial charge in [0, 0.05) is 37.0 Å². The van der Waals surface area contributed by atoms with E-state index in [1.807, 2.05) is 37.1 Å². The molecule has 1 amide bonds. The Morgan fingerprint density at radius 2 is 1.75 bits per heavy atom. The Morgan fingerprint density at radius 3 is 2.34 bits per heavy atom. The molecule has 1 heterocycles. The van der Waals surface area contributed by atoms with Gasteiger partial charge in [-0.15, -0.1) is 0 Å². The smallest absolute Gasteiger partial charge is 0.243 e. The summed E-state index contributed by atoms with van der Waals surface area (Å²) in [6.45, 7) is 3.44. The Kier molecular flexibility index (Phi) is 7.76. The fourth-order valence-corrected chi connectivity index (χ4v) is 5.14. The average molecular weight is 462 g/mol. The zero-order valence-electron chi connectivity index (χ0n) is 19.0. The first kappa shape index (κ1) is 24.0. The molecule has 8 nitrogen and oxygen atoms in total. The maximum absolute atomic E-state index is 12.8. The van der Waals surface area contributed by atoms with Crippen molar-refractivity contribution >= 4 is 21.6 Å². The highest BCUT2D eigenvalue weighted by Crippen LogP contribution is 2.26. The number of likely N-dealkylation sites (N-methyl/N-ethyl adjacent to an activating group) is 1. The normalized spacial score (nSPS) is 15.5. The summed E-state index contributed by atoms with van der Waals surface area (Å²) in [6, 6.07) is 11.5. The van der Waals surface area contributed by atoms with E-state index < -0.39 is 16.1 Å². The summed E-state index contributed by atoms with van der Waals surface area (Å²) in [5.74, 6) is 1.21. The van der Waals surface area contributed by atoms with Crippen LogP contribution in [0.15, 0.2) is 47.4 Å². The molecule has 0 radical (unpaired) electrons. The minimum atomic E-state index is -3.47. The van der Waals surface area contributed by atoms with Crippen LogP contribution in [0.3, 0.4) is 0 Å². The van der Waals surface area contributed by atoms with Gasteiger partial charge < -0.3 is 14.8 Å². The number of nitrogens with one attached hydrogen (secondary N) is 1. The number of sulfonamides is 1. The molecule has 0 bridgehead atoms. The van der Waals surface area contributed by atoms with Crippen LogP contribution in [0.25, 0.3) is 0 Å². The van der Waals surface area contributed by atoms with Gasteiger partial charge in [-0.05, 0) is 57.1 Å². The van der Waals surface area contributed by atoms with E-state index in [2.05, 4.69) is 5.32 Å². The summed E-state index contributed by atoms with van der Waals surface area (Å²) in [6.07, 6.45) is 1.78. The number of hydrogen-bond donors (Lipinski definition) is 1. The van der Waals surface area contributed by atoms with Crippen molar-refractivity contribution in [2.75, 3.05) is 39.7 Å². The molecule has 1 saturated heterocycles. The molecule has 0 spiro atoms. The number of carbonyl (C=O) groups excluding carboxylic acids is 1. The third-order valence-electron chi connectivity index (χ3n) is 5.78. The van der Waals surface area contributed by atoms with Gasteiger partial charge in [0.15, 0.2) is 0 Å². The van der Waals surface area contributed by atoms with Crippen LogP contribution in [0.4, 0.5) is 5.69 Å². The standard InChI is InChI=1S/C23H31N3O5S/c1-17(25(2)16-18-7-10-20(30-3)15-22(18)31-4)23(27)24-19-8-11-21(12-9-19)32(28,29)26-13-5-6-14-26/h7-12,15,17H,5-6,13-14,16H2,1-4H3,(H,24,27). The number of benzene rings is 2. The number of amides is 1. The molecule has 0 saturated carbocycles. The Balaban J connectivity index is 1.62. The molecular weight excluding hydrogens is 430 g/mol. The third-order valence-corrected chi connectivity index (χ3v) is 7.69. The van der Waals surface area contributed by atoms with Crippen molar-refractivity contribution in [3.05, 3.63) is 48.0 Å². The lowest BCUT2D eigenvalue weighted by molar-refractivity contribution is -0.120. The van der Waals surface area contributed by atoms with Crippen molar-refractivity contribution in [1.29, 1.82) is 0 Å². The van der Waals surface area contributed by atoms with Crippen LogP contribution in [0.1, 0.15) is 25.3 Å². The van der Waals surface area contributed by atoms with E-state index in [4.69, 9.17) is 9.47 Å². The Morgan fingerprint density at radius 1 is 1.09 bits per heavy atom. The molecule has 1 atom stereocenters. The third kappa shape index (κ3) is 5.40. The van der Waals surface area contributed by atoms with Gasteiger partial charge in [0.25, 0.3) is 0 Å². The molecular formula is C23H31N3O5S. The minimum Gasteiger partial charge on any atom is -0.497 e. The number of anilines is 1. The zero-order valence-corrected chi connectivity index (χ0v) is 19.8. The summed E-state index contributed by atoms with van der Waals surface area (Å²) in [7, 11) is 1.59. The maximum atomic E-state index is 12.8. The summed E-state index contributed by atoms with van der Waals surface area (Å²) in [4.78, 5) is 14.9. The number of nitrogens with zero attached hydrogens (tertiary/aromatic N) is 2. The molecule has 9 heteroatoms. The molecule has 2 aromatic carbocycles. The molecule has 1 aliphatic rings. The van der Waals surface area contributed by atoms with Crippen molar-refractivity contribution < 1.29 is 22.7 Å². The van der Waals surface area contributed by atoms with Crippen molar-refractivity contribution in [2.45, 2.75) is 37.2 Å². The van der Waals surface area contributed by atoms with Gasteiger partial charge in [-0.1, -0.05) is 6.07 Å². The Labute approximate surface area is 190 Å². The second-order valence-corrected chi connectivity index (χ2v) is 9.83. The lowest BCUT2D eigenvalue weighted by Crippen LogP contribution is -2.39. The van der Waals surface area contributed by atoms with Crippen molar-refractivity contribution in [2.24, 2.45) is 0 Å². The van der Waals surface area contributed by atoms with E-state index in [1.165, 1.54) is 4.31 Å². The predicted molar refractivity (Wildman–Crippen MR) is 124 cm³/mol. The first-order valence-electron chi connectivity index (χ1n) is 10.6. The lowest BCUT2D eigenvalue weighted by Gasteiger charge is -2.25. The van der Waals surface area contributed by atoms with Gasteiger partial charge in [-0.25, -0.2) is 8.42 Å². The number of rotatable bonds is 9. The molecule has 174 valence electrons. The molecule has 1 unspecified atom stereocenters. The number of hydrogen-bond acceptors (Lipinski definition) is 6. The van der Waals surface area contributed by atoms with Crippen LogP contribution in [-0.4, -0.2) is 63.9 Å². The first-order chi connectivity index (χ1) is 15.3. The second-order valence-electron chi connectivity index (χ2n) is 7.89. The molecule has 0 aliphatic carbocycles. The molecule has 0 aromatic heterocycles. The monoisotopic (exact) mass is 461 g/mol. The molecule has 1 N–H and O–H groups in total. The molecule has 3 rings (SSSR count). The topological polar surface area (TPSA) is 88.2 Å². The van der Waals surface area contributed by atoms with Crippen molar-refractivity contribution in [3.63, 3.8) is 0 Å². The number of carbonyl (C=O) groups is 1. The summed E-state index contributed by atoms with van der Waals surface area (Å²) >= 11 is 0. The van der Waals surface area contributed by atoms with E-state index >= 15 is 0 Å². The van der Waals surface area contributed by atoms with Gasteiger partial charge in [-0.2, -0.15) is 4.31 Å². The van der Waals surface area contributed by atoms with E-state index in [1.54, 1.807) is 38.5 Å². The zero-order chi connectivity index (χ0) is 23.3. The van der Waals surface area contributed by atoms with Gasteiger partial charge in [0.1, 0.15) is 11.5 Å². The molecule has 1 aliphatic heterocycles. The van der Waals surface area contributed by atoms with E-state index in [9.17, 15) is 13.2 Å². The van der Waals surface area contributed by atoms with Gasteiger partial charge >= 0.3 is 0 Å². The van der Waals surface area contributed by atoms with Crippen molar-refractivity contribution in [3.8, 4) is 11.5 Å². The molecule has 2 aromatic rings. The van der Waals surface area contributed by atoms with Crippen LogP contribution < -0.4 is 14.8 Å².